The first-order valence-corrected chi connectivity index (χ1v) is 17.1. The largest absolute Gasteiger partial charge is 0.455 e. The molecule has 8 aromatic carbocycles. The zero-order chi connectivity index (χ0) is 33.7. The molecule has 0 unspecified atom stereocenters. The van der Waals surface area contributed by atoms with Crippen LogP contribution in [0, 0.1) is 0 Å². The van der Waals surface area contributed by atoms with E-state index in [1.807, 2.05) is 12.1 Å². The van der Waals surface area contributed by atoms with Gasteiger partial charge in [0.1, 0.15) is 11.2 Å². The SMILES string of the molecule is c1ccc(-c2ccc(-c3cccc(-c4nc(-c5ccc6ccccc6c5)nc(-c5cccc6c5oc5cc7ccccc7cc56)n4)c3)cc2)cc1. The Morgan fingerprint density at radius 2 is 0.843 bits per heavy atom. The minimum Gasteiger partial charge on any atom is -0.455 e. The number of hydrogen-bond acceptors (Lipinski definition) is 4. The molecule has 0 saturated carbocycles. The first kappa shape index (κ1) is 29.0. The molecule has 0 bridgehead atoms. The number of nitrogens with zero attached hydrogens (tertiary/aromatic N) is 3. The van der Waals surface area contributed by atoms with Crippen LogP contribution in [0.5, 0.6) is 0 Å². The summed E-state index contributed by atoms with van der Waals surface area (Å²) in [5, 5.41) is 6.71. The lowest BCUT2D eigenvalue weighted by molar-refractivity contribution is 0.670. The molecule has 0 aliphatic rings. The van der Waals surface area contributed by atoms with Crippen LogP contribution in [0.1, 0.15) is 0 Å². The monoisotopic (exact) mass is 651 g/mol. The van der Waals surface area contributed by atoms with Gasteiger partial charge in [-0.25, -0.2) is 15.0 Å². The molecule has 0 amide bonds. The Morgan fingerprint density at radius 3 is 1.61 bits per heavy atom. The topological polar surface area (TPSA) is 51.8 Å². The lowest BCUT2D eigenvalue weighted by Crippen LogP contribution is -2.00. The second-order valence-electron chi connectivity index (χ2n) is 12.9. The second kappa shape index (κ2) is 11.9. The Labute approximate surface area is 294 Å². The van der Waals surface area contributed by atoms with E-state index in [4.69, 9.17) is 19.4 Å². The van der Waals surface area contributed by atoms with E-state index in [1.54, 1.807) is 0 Å². The van der Waals surface area contributed by atoms with Gasteiger partial charge in [0.2, 0.25) is 0 Å². The van der Waals surface area contributed by atoms with Crippen molar-refractivity contribution in [2.45, 2.75) is 0 Å². The van der Waals surface area contributed by atoms with Crippen molar-refractivity contribution in [2.24, 2.45) is 0 Å². The van der Waals surface area contributed by atoms with E-state index in [9.17, 15) is 0 Å². The molecule has 0 fully saturated rings. The third kappa shape index (κ3) is 5.22. The summed E-state index contributed by atoms with van der Waals surface area (Å²) < 4.78 is 6.61. The first-order valence-electron chi connectivity index (χ1n) is 17.1. The average molecular weight is 652 g/mol. The van der Waals surface area contributed by atoms with Gasteiger partial charge in [-0.05, 0) is 74.1 Å². The highest BCUT2D eigenvalue weighted by Gasteiger charge is 2.18. The Hall–Kier alpha value is -6.91. The van der Waals surface area contributed by atoms with Crippen molar-refractivity contribution >= 4 is 43.5 Å². The summed E-state index contributed by atoms with van der Waals surface area (Å²) in [5.74, 6) is 1.77. The summed E-state index contributed by atoms with van der Waals surface area (Å²) in [4.78, 5) is 15.4. The van der Waals surface area contributed by atoms with Crippen molar-refractivity contribution in [3.8, 4) is 56.4 Å². The van der Waals surface area contributed by atoms with Crippen LogP contribution >= 0.6 is 0 Å². The van der Waals surface area contributed by atoms with Crippen LogP contribution in [-0.2, 0) is 0 Å². The Bertz CT molecular complexity index is 2910. The van der Waals surface area contributed by atoms with Gasteiger partial charge in [0.25, 0.3) is 0 Å². The molecule has 10 aromatic rings. The van der Waals surface area contributed by atoms with Gasteiger partial charge < -0.3 is 4.42 Å². The molecule has 238 valence electrons. The summed E-state index contributed by atoms with van der Waals surface area (Å²) in [6.45, 7) is 0. The minimum atomic E-state index is 0.565. The van der Waals surface area contributed by atoms with Crippen molar-refractivity contribution in [1.29, 1.82) is 0 Å². The number of hydrogen-bond donors (Lipinski definition) is 0. The van der Waals surface area contributed by atoms with Crippen LogP contribution in [0.4, 0.5) is 0 Å². The molecule has 51 heavy (non-hydrogen) atoms. The van der Waals surface area contributed by atoms with Crippen molar-refractivity contribution in [2.75, 3.05) is 0 Å². The number of rotatable bonds is 5. The maximum atomic E-state index is 6.61. The van der Waals surface area contributed by atoms with E-state index in [0.717, 1.165) is 60.5 Å². The molecule has 2 aromatic heterocycles. The van der Waals surface area contributed by atoms with E-state index in [0.29, 0.717) is 17.5 Å². The number of fused-ring (bicyclic) bond motifs is 5. The molecule has 0 spiro atoms. The molecule has 0 aliphatic heterocycles. The van der Waals surface area contributed by atoms with E-state index in [2.05, 4.69) is 164 Å². The third-order valence-electron chi connectivity index (χ3n) is 9.70. The van der Waals surface area contributed by atoms with Gasteiger partial charge in [-0.1, -0.05) is 146 Å². The summed E-state index contributed by atoms with van der Waals surface area (Å²) in [6.07, 6.45) is 0. The maximum absolute atomic E-state index is 6.61. The van der Waals surface area contributed by atoms with E-state index < -0.39 is 0 Å². The number of furan rings is 1. The Kier molecular flexibility index (Phi) is 6.78. The normalized spacial score (nSPS) is 11.5. The van der Waals surface area contributed by atoms with Crippen LogP contribution in [0.3, 0.4) is 0 Å². The molecule has 0 aliphatic carbocycles. The minimum absolute atomic E-state index is 0.565. The quantitative estimate of drug-likeness (QED) is 0.186. The Balaban J connectivity index is 1.13. The van der Waals surface area contributed by atoms with Gasteiger partial charge in [-0.15, -0.1) is 0 Å². The molecular formula is C47H29N3O. The first-order chi connectivity index (χ1) is 25.2. The maximum Gasteiger partial charge on any atom is 0.167 e. The predicted molar refractivity (Wildman–Crippen MR) is 209 cm³/mol. The lowest BCUT2D eigenvalue weighted by atomic mass is 9.99. The molecular weight excluding hydrogens is 623 g/mol. The highest BCUT2D eigenvalue weighted by Crippen LogP contribution is 2.38. The molecule has 4 nitrogen and oxygen atoms in total. The molecule has 2 heterocycles. The van der Waals surface area contributed by atoms with Gasteiger partial charge in [-0.3, -0.25) is 0 Å². The van der Waals surface area contributed by atoms with Crippen LogP contribution in [0.2, 0.25) is 0 Å². The van der Waals surface area contributed by atoms with Crippen molar-refractivity contribution in [1.82, 2.24) is 15.0 Å². The predicted octanol–water partition coefficient (Wildman–Crippen LogP) is 12.4. The molecule has 0 N–H and O–H groups in total. The zero-order valence-electron chi connectivity index (χ0n) is 27.5. The second-order valence-corrected chi connectivity index (χ2v) is 12.9. The fourth-order valence-corrected chi connectivity index (χ4v) is 7.07. The van der Waals surface area contributed by atoms with Crippen molar-refractivity contribution in [3.63, 3.8) is 0 Å². The number of para-hydroxylation sites is 1. The van der Waals surface area contributed by atoms with Crippen LogP contribution in [0.25, 0.3) is 99.9 Å². The summed E-state index contributed by atoms with van der Waals surface area (Å²) in [5.41, 5.74) is 8.86. The van der Waals surface area contributed by atoms with Crippen molar-refractivity contribution in [3.05, 3.63) is 176 Å². The van der Waals surface area contributed by atoms with Gasteiger partial charge in [0.05, 0.1) is 5.56 Å². The van der Waals surface area contributed by atoms with Gasteiger partial charge in [0.15, 0.2) is 17.5 Å². The zero-order valence-corrected chi connectivity index (χ0v) is 27.5. The van der Waals surface area contributed by atoms with E-state index in [1.165, 1.54) is 21.9 Å². The summed E-state index contributed by atoms with van der Waals surface area (Å²) >= 11 is 0. The average Bonchev–Trinajstić information content (AvgIpc) is 3.57. The van der Waals surface area contributed by atoms with Gasteiger partial charge in [0, 0.05) is 21.9 Å². The standard InChI is InChI=1S/C47H29N3O/c1-2-10-30(11-3-1)32-20-22-33(23-21-32)35-16-8-17-38(26-35)45-48-46(39-25-24-31-12-4-5-13-34(31)27-39)50-47(49-45)41-19-9-18-40-42-28-36-14-6-7-15-37(36)29-43(42)51-44(40)41/h1-29H. The highest BCUT2D eigenvalue weighted by molar-refractivity contribution is 6.13. The Morgan fingerprint density at radius 1 is 0.314 bits per heavy atom. The number of benzene rings is 8. The van der Waals surface area contributed by atoms with E-state index >= 15 is 0 Å². The summed E-state index contributed by atoms with van der Waals surface area (Å²) in [6, 6.07) is 61.2. The molecule has 0 saturated heterocycles. The van der Waals surface area contributed by atoms with Crippen LogP contribution in [0.15, 0.2) is 180 Å². The molecule has 4 heteroatoms. The van der Waals surface area contributed by atoms with Crippen LogP contribution in [-0.4, -0.2) is 15.0 Å². The van der Waals surface area contributed by atoms with Crippen LogP contribution < -0.4 is 0 Å². The van der Waals surface area contributed by atoms with Crippen molar-refractivity contribution < 1.29 is 4.42 Å². The third-order valence-corrected chi connectivity index (χ3v) is 9.70. The molecule has 0 atom stereocenters. The fourth-order valence-electron chi connectivity index (χ4n) is 7.07. The fraction of sp³-hybridized carbons (Fsp3) is 0. The van der Waals surface area contributed by atoms with E-state index in [-0.39, 0.29) is 0 Å². The van der Waals surface area contributed by atoms with Gasteiger partial charge >= 0.3 is 0 Å². The molecule has 0 radical (unpaired) electrons. The number of aromatic nitrogens is 3. The summed E-state index contributed by atoms with van der Waals surface area (Å²) in [7, 11) is 0. The molecule has 10 rings (SSSR count). The lowest BCUT2D eigenvalue weighted by Gasteiger charge is -2.11. The smallest absolute Gasteiger partial charge is 0.167 e. The highest BCUT2D eigenvalue weighted by atomic mass is 16.3. The van der Waals surface area contributed by atoms with Gasteiger partial charge in [-0.2, -0.15) is 0 Å².